The molecule has 3 heteroatoms. The molecule has 2 aromatic rings. The lowest BCUT2D eigenvalue weighted by molar-refractivity contribution is 0.375. The lowest BCUT2D eigenvalue weighted by Crippen LogP contribution is -2.32. The molecule has 0 spiro atoms. The van der Waals surface area contributed by atoms with Crippen LogP contribution in [0.15, 0.2) is 24.3 Å². The lowest BCUT2D eigenvalue weighted by atomic mass is 9.95. The molecule has 0 atom stereocenters. The summed E-state index contributed by atoms with van der Waals surface area (Å²) in [4.78, 5) is 4.67. The van der Waals surface area contributed by atoms with E-state index in [0.29, 0.717) is 0 Å². The topological polar surface area (TPSA) is 24.9 Å². The van der Waals surface area contributed by atoms with Crippen LogP contribution >= 0.6 is 11.3 Å². The van der Waals surface area contributed by atoms with Gasteiger partial charge in [-0.1, -0.05) is 31.4 Å². The molecule has 1 aromatic heterocycles. The molecule has 0 radical (unpaired) electrons. The molecule has 0 aliphatic heterocycles. The zero-order valence-corrected chi connectivity index (χ0v) is 11.5. The number of aromatic nitrogens is 1. The SMILES string of the molecule is c1ccc2sc(CCNC3CCCCC3)nc2c1. The minimum atomic E-state index is 0.758. The number of thiazole rings is 1. The van der Waals surface area contributed by atoms with E-state index in [1.807, 2.05) is 11.3 Å². The number of nitrogens with one attached hydrogen (secondary N) is 1. The fourth-order valence-corrected chi connectivity index (χ4v) is 3.68. The van der Waals surface area contributed by atoms with Gasteiger partial charge in [-0.25, -0.2) is 4.98 Å². The van der Waals surface area contributed by atoms with E-state index in [2.05, 4.69) is 34.6 Å². The van der Waals surface area contributed by atoms with Gasteiger partial charge < -0.3 is 5.32 Å². The predicted molar refractivity (Wildman–Crippen MR) is 78.2 cm³/mol. The molecule has 1 N–H and O–H groups in total. The van der Waals surface area contributed by atoms with Gasteiger partial charge in [0.05, 0.1) is 15.2 Å². The third-order valence-corrected chi connectivity index (χ3v) is 4.81. The molecule has 1 aliphatic rings. The van der Waals surface area contributed by atoms with Crippen LogP contribution in [0.2, 0.25) is 0 Å². The second kappa shape index (κ2) is 5.81. The highest BCUT2D eigenvalue weighted by atomic mass is 32.1. The van der Waals surface area contributed by atoms with E-state index in [4.69, 9.17) is 0 Å². The first-order valence-electron chi connectivity index (χ1n) is 7.00. The van der Waals surface area contributed by atoms with Gasteiger partial charge in [-0.2, -0.15) is 0 Å². The van der Waals surface area contributed by atoms with Gasteiger partial charge in [0, 0.05) is 19.0 Å². The lowest BCUT2D eigenvalue weighted by Gasteiger charge is -2.22. The highest BCUT2D eigenvalue weighted by molar-refractivity contribution is 7.18. The quantitative estimate of drug-likeness (QED) is 0.905. The van der Waals surface area contributed by atoms with Gasteiger partial charge in [-0.15, -0.1) is 11.3 Å². The third-order valence-electron chi connectivity index (χ3n) is 3.72. The van der Waals surface area contributed by atoms with E-state index >= 15 is 0 Å². The molecular formula is C15H20N2S. The zero-order valence-electron chi connectivity index (χ0n) is 10.7. The van der Waals surface area contributed by atoms with Crippen molar-refractivity contribution in [2.45, 2.75) is 44.6 Å². The van der Waals surface area contributed by atoms with E-state index in [1.54, 1.807) is 0 Å². The van der Waals surface area contributed by atoms with Gasteiger partial charge >= 0.3 is 0 Å². The number of fused-ring (bicyclic) bond motifs is 1. The fourth-order valence-electron chi connectivity index (χ4n) is 2.72. The smallest absolute Gasteiger partial charge is 0.0951 e. The normalized spacial score (nSPS) is 17.3. The van der Waals surface area contributed by atoms with Gasteiger partial charge in [0.25, 0.3) is 0 Å². The molecule has 1 saturated carbocycles. The average Bonchev–Trinajstić information content (AvgIpc) is 2.82. The van der Waals surface area contributed by atoms with Crippen LogP contribution in [-0.4, -0.2) is 17.6 Å². The number of hydrogen-bond acceptors (Lipinski definition) is 3. The van der Waals surface area contributed by atoms with Crippen molar-refractivity contribution in [3.8, 4) is 0 Å². The number of nitrogens with zero attached hydrogens (tertiary/aromatic N) is 1. The Hall–Kier alpha value is -0.930. The summed E-state index contributed by atoms with van der Waals surface area (Å²) in [5.41, 5.74) is 1.15. The van der Waals surface area contributed by atoms with Gasteiger partial charge in [-0.05, 0) is 25.0 Å². The molecule has 1 aliphatic carbocycles. The molecule has 1 aromatic carbocycles. The number of benzene rings is 1. The molecule has 2 nitrogen and oxygen atoms in total. The Kier molecular flexibility index (Phi) is 3.91. The molecule has 1 fully saturated rings. The summed E-state index contributed by atoms with van der Waals surface area (Å²) in [6, 6.07) is 9.17. The highest BCUT2D eigenvalue weighted by Crippen LogP contribution is 2.22. The van der Waals surface area contributed by atoms with Gasteiger partial charge in [0.1, 0.15) is 0 Å². The fraction of sp³-hybridized carbons (Fsp3) is 0.533. The highest BCUT2D eigenvalue weighted by Gasteiger charge is 2.12. The predicted octanol–water partition coefficient (Wildman–Crippen LogP) is 3.76. The summed E-state index contributed by atoms with van der Waals surface area (Å²) in [5.74, 6) is 0. The second-order valence-electron chi connectivity index (χ2n) is 5.11. The maximum Gasteiger partial charge on any atom is 0.0951 e. The summed E-state index contributed by atoms with van der Waals surface area (Å²) >= 11 is 1.83. The summed E-state index contributed by atoms with van der Waals surface area (Å²) in [5, 5.41) is 4.94. The Bertz CT molecular complexity index is 467. The standard InChI is InChI=1S/C15H20N2S/c1-2-6-12(7-3-1)16-11-10-15-17-13-8-4-5-9-14(13)18-15/h4-5,8-9,12,16H,1-3,6-7,10-11H2. The van der Waals surface area contributed by atoms with Crippen molar-refractivity contribution in [3.05, 3.63) is 29.3 Å². The Balaban J connectivity index is 1.53. The minimum Gasteiger partial charge on any atom is -0.314 e. The Morgan fingerprint density at radius 2 is 2.00 bits per heavy atom. The minimum absolute atomic E-state index is 0.758. The summed E-state index contributed by atoms with van der Waals surface area (Å²) in [6.45, 7) is 1.07. The van der Waals surface area contributed by atoms with Crippen LogP contribution in [0.5, 0.6) is 0 Å². The third kappa shape index (κ3) is 2.90. The van der Waals surface area contributed by atoms with Crippen molar-refractivity contribution in [2.24, 2.45) is 0 Å². The van der Waals surface area contributed by atoms with Crippen LogP contribution in [-0.2, 0) is 6.42 Å². The summed E-state index contributed by atoms with van der Waals surface area (Å²) < 4.78 is 1.31. The first-order chi connectivity index (χ1) is 8.92. The van der Waals surface area contributed by atoms with E-state index in [-0.39, 0.29) is 0 Å². The van der Waals surface area contributed by atoms with Gasteiger partial charge in [0.15, 0.2) is 0 Å². The van der Waals surface area contributed by atoms with Crippen molar-refractivity contribution >= 4 is 21.6 Å². The van der Waals surface area contributed by atoms with Crippen molar-refractivity contribution in [2.75, 3.05) is 6.54 Å². The van der Waals surface area contributed by atoms with E-state index in [9.17, 15) is 0 Å². The van der Waals surface area contributed by atoms with Crippen LogP contribution in [0.25, 0.3) is 10.2 Å². The maximum absolute atomic E-state index is 4.67. The van der Waals surface area contributed by atoms with Crippen LogP contribution < -0.4 is 5.32 Å². The van der Waals surface area contributed by atoms with Crippen LogP contribution in [0.1, 0.15) is 37.1 Å². The summed E-state index contributed by atoms with van der Waals surface area (Å²) in [6.07, 6.45) is 8.02. The first kappa shape index (κ1) is 12.1. The molecule has 0 bridgehead atoms. The van der Waals surface area contributed by atoms with Crippen molar-refractivity contribution < 1.29 is 0 Å². The van der Waals surface area contributed by atoms with E-state index < -0.39 is 0 Å². The van der Waals surface area contributed by atoms with Crippen molar-refractivity contribution in [1.82, 2.24) is 10.3 Å². The van der Waals surface area contributed by atoms with E-state index in [0.717, 1.165) is 24.5 Å². The maximum atomic E-state index is 4.67. The number of para-hydroxylation sites is 1. The monoisotopic (exact) mass is 260 g/mol. The summed E-state index contributed by atoms with van der Waals surface area (Å²) in [7, 11) is 0. The van der Waals surface area contributed by atoms with Gasteiger partial charge in [-0.3, -0.25) is 0 Å². The van der Waals surface area contributed by atoms with Crippen LogP contribution in [0, 0.1) is 0 Å². The molecule has 18 heavy (non-hydrogen) atoms. The van der Waals surface area contributed by atoms with Crippen LogP contribution in [0.4, 0.5) is 0 Å². The molecular weight excluding hydrogens is 240 g/mol. The number of hydrogen-bond donors (Lipinski definition) is 1. The van der Waals surface area contributed by atoms with Crippen molar-refractivity contribution in [1.29, 1.82) is 0 Å². The largest absolute Gasteiger partial charge is 0.314 e. The molecule has 96 valence electrons. The molecule has 3 rings (SSSR count). The molecule has 1 heterocycles. The average molecular weight is 260 g/mol. The van der Waals surface area contributed by atoms with E-state index in [1.165, 1.54) is 41.8 Å². The second-order valence-corrected chi connectivity index (χ2v) is 6.23. The van der Waals surface area contributed by atoms with Crippen molar-refractivity contribution in [3.63, 3.8) is 0 Å². The van der Waals surface area contributed by atoms with Gasteiger partial charge in [0.2, 0.25) is 0 Å². The molecule has 0 saturated heterocycles. The molecule has 0 amide bonds. The molecule has 0 unspecified atom stereocenters. The number of rotatable bonds is 4. The zero-order chi connectivity index (χ0) is 12.2. The Morgan fingerprint density at radius 1 is 1.17 bits per heavy atom. The Labute approximate surface area is 112 Å². The Morgan fingerprint density at radius 3 is 2.83 bits per heavy atom. The van der Waals surface area contributed by atoms with Crippen LogP contribution in [0.3, 0.4) is 0 Å². The first-order valence-corrected chi connectivity index (χ1v) is 7.81.